The van der Waals surface area contributed by atoms with Gasteiger partial charge in [-0.15, -0.1) is 0 Å². The van der Waals surface area contributed by atoms with Crippen LogP contribution in [0.15, 0.2) is 18.2 Å². The zero-order valence-corrected chi connectivity index (χ0v) is 15.5. The molecule has 1 atom stereocenters. The van der Waals surface area contributed by atoms with E-state index in [4.69, 9.17) is 17.3 Å². The van der Waals surface area contributed by atoms with Crippen LogP contribution in [0.5, 0.6) is 0 Å². The molecule has 1 aliphatic rings. The Morgan fingerprint density at radius 1 is 1.44 bits per heavy atom. The van der Waals surface area contributed by atoms with E-state index in [-0.39, 0.29) is 34.7 Å². The zero-order chi connectivity index (χ0) is 18.4. The quantitative estimate of drug-likeness (QED) is 0.656. The summed E-state index contributed by atoms with van der Waals surface area (Å²) in [5, 5.41) is 0.220. The maximum Gasteiger partial charge on any atom is 0.221 e. The summed E-state index contributed by atoms with van der Waals surface area (Å²) in [4.78, 5) is 13.4. The third-order valence-electron chi connectivity index (χ3n) is 4.23. The average molecular weight is 392 g/mol. The largest absolute Gasteiger partial charge is 0.369 e. The number of carbonyl (C=O) groups is 1. The molecular formula is C16H23ClFN3O3S. The first kappa shape index (κ1) is 20.1. The van der Waals surface area contributed by atoms with Crippen LogP contribution in [0.25, 0.3) is 0 Å². The molecule has 0 aliphatic carbocycles. The number of hydrogen-bond acceptors (Lipinski definition) is 4. The number of sulfonamides is 1. The van der Waals surface area contributed by atoms with Gasteiger partial charge in [0, 0.05) is 18.1 Å². The fourth-order valence-corrected chi connectivity index (χ4v) is 4.40. The molecule has 1 aromatic carbocycles. The van der Waals surface area contributed by atoms with E-state index in [1.165, 1.54) is 12.1 Å². The summed E-state index contributed by atoms with van der Waals surface area (Å²) in [6.07, 6.45) is 2.34. The molecule has 1 aromatic rings. The molecule has 3 N–H and O–H groups in total. The summed E-state index contributed by atoms with van der Waals surface area (Å²) in [7, 11) is -3.59. The van der Waals surface area contributed by atoms with Crippen molar-refractivity contribution in [2.75, 3.05) is 26.2 Å². The Kier molecular flexibility index (Phi) is 7.18. The van der Waals surface area contributed by atoms with Crippen LogP contribution in [0.1, 0.15) is 24.8 Å². The van der Waals surface area contributed by atoms with Crippen molar-refractivity contribution in [3.05, 3.63) is 34.6 Å². The Hall–Kier alpha value is -1.22. The standard InChI is InChI=1S/C16H23ClFN3O3S/c17-15-5-4-14(18)9-13(15)11-25(23,24)20-6-2-8-21-7-1-3-12(10-21)16(19)22/h4-5,9,12,20H,1-3,6-8,10-11H2,(H2,19,22). The molecule has 1 amide bonds. The summed E-state index contributed by atoms with van der Waals surface area (Å²) in [5.41, 5.74) is 5.57. The van der Waals surface area contributed by atoms with Gasteiger partial charge in [0.05, 0.1) is 11.7 Å². The zero-order valence-electron chi connectivity index (χ0n) is 13.9. The average Bonchev–Trinajstić information content (AvgIpc) is 2.55. The molecule has 1 unspecified atom stereocenters. The fraction of sp³-hybridized carbons (Fsp3) is 0.562. The number of nitrogens with zero attached hydrogens (tertiary/aromatic N) is 1. The highest BCUT2D eigenvalue weighted by molar-refractivity contribution is 7.88. The van der Waals surface area contributed by atoms with Crippen molar-refractivity contribution in [2.24, 2.45) is 11.7 Å². The van der Waals surface area contributed by atoms with Gasteiger partial charge < -0.3 is 10.6 Å². The predicted octanol–water partition coefficient (Wildman–Crippen LogP) is 1.49. The topological polar surface area (TPSA) is 92.5 Å². The molecule has 25 heavy (non-hydrogen) atoms. The van der Waals surface area contributed by atoms with Crippen LogP contribution in [-0.2, 0) is 20.6 Å². The normalized spacial score (nSPS) is 19.0. The smallest absolute Gasteiger partial charge is 0.221 e. The van der Waals surface area contributed by atoms with E-state index < -0.39 is 15.8 Å². The van der Waals surface area contributed by atoms with E-state index in [0.717, 1.165) is 25.5 Å². The maximum absolute atomic E-state index is 13.2. The number of likely N-dealkylation sites (tertiary alicyclic amines) is 1. The Morgan fingerprint density at radius 2 is 2.20 bits per heavy atom. The van der Waals surface area contributed by atoms with Crippen molar-refractivity contribution in [1.82, 2.24) is 9.62 Å². The van der Waals surface area contributed by atoms with Crippen molar-refractivity contribution < 1.29 is 17.6 Å². The van der Waals surface area contributed by atoms with Crippen LogP contribution < -0.4 is 10.5 Å². The van der Waals surface area contributed by atoms with Gasteiger partial charge in [0.15, 0.2) is 0 Å². The summed E-state index contributed by atoms with van der Waals surface area (Å²) < 4.78 is 39.9. The lowest BCUT2D eigenvalue weighted by Crippen LogP contribution is -2.42. The monoisotopic (exact) mass is 391 g/mol. The van der Waals surface area contributed by atoms with Gasteiger partial charge in [-0.1, -0.05) is 11.6 Å². The molecule has 6 nitrogen and oxygen atoms in total. The Balaban J connectivity index is 1.77. The van der Waals surface area contributed by atoms with E-state index in [9.17, 15) is 17.6 Å². The number of carbonyl (C=O) groups excluding carboxylic acids is 1. The number of hydrogen-bond donors (Lipinski definition) is 2. The first-order valence-electron chi connectivity index (χ1n) is 8.20. The lowest BCUT2D eigenvalue weighted by molar-refractivity contribution is -0.123. The fourth-order valence-electron chi connectivity index (χ4n) is 2.93. The first-order chi connectivity index (χ1) is 11.8. The molecule has 0 saturated carbocycles. The first-order valence-corrected chi connectivity index (χ1v) is 10.2. The highest BCUT2D eigenvalue weighted by atomic mass is 35.5. The van der Waals surface area contributed by atoms with Gasteiger partial charge in [0.1, 0.15) is 5.82 Å². The van der Waals surface area contributed by atoms with Crippen LogP contribution in [0.2, 0.25) is 5.02 Å². The highest BCUT2D eigenvalue weighted by Gasteiger charge is 2.23. The van der Waals surface area contributed by atoms with Crippen LogP contribution in [0.3, 0.4) is 0 Å². The molecule has 2 rings (SSSR count). The van der Waals surface area contributed by atoms with Crippen LogP contribution in [0, 0.1) is 11.7 Å². The lowest BCUT2D eigenvalue weighted by atomic mass is 9.97. The SMILES string of the molecule is NC(=O)C1CCCN(CCCNS(=O)(=O)Cc2cc(F)ccc2Cl)C1. The minimum atomic E-state index is -3.59. The van der Waals surface area contributed by atoms with E-state index in [1.807, 2.05) is 0 Å². The van der Waals surface area contributed by atoms with E-state index >= 15 is 0 Å². The minimum absolute atomic E-state index is 0.124. The summed E-state index contributed by atoms with van der Waals surface area (Å²) in [6.45, 7) is 2.47. The molecule has 0 radical (unpaired) electrons. The number of benzene rings is 1. The molecule has 0 spiro atoms. The predicted molar refractivity (Wildman–Crippen MR) is 95.0 cm³/mol. The molecule has 140 valence electrons. The minimum Gasteiger partial charge on any atom is -0.369 e. The molecule has 1 heterocycles. The summed E-state index contributed by atoms with van der Waals surface area (Å²) in [5.74, 6) is -1.29. The number of rotatable bonds is 8. The van der Waals surface area contributed by atoms with Gasteiger partial charge in [0.2, 0.25) is 15.9 Å². The van der Waals surface area contributed by atoms with E-state index in [2.05, 4.69) is 9.62 Å². The van der Waals surface area contributed by atoms with Gasteiger partial charge in [-0.05, 0) is 56.1 Å². The van der Waals surface area contributed by atoms with Gasteiger partial charge in [-0.25, -0.2) is 17.5 Å². The van der Waals surface area contributed by atoms with E-state index in [1.54, 1.807) is 0 Å². The molecule has 1 saturated heterocycles. The number of nitrogens with one attached hydrogen (secondary N) is 1. The van der Waals surface area contributed by atoms with Crippen LogP contribution >= 0.6 is 11.6 Å². The Morgan fingerprint density at radius 3 is 2.92 bits per heavy atom. The number of nitrogens with two attached hydrogens (primary N) is 1. The second-order valence-corrected chi connectivity index (χ2v) is 8.50. The van der Waals surface area contributed by atoms with Gasteiger partial charge in [0.25, 0.3) is 0 Å². The van der Waals surface area contributed by atoms with E-state index in [0.29, 0.717) is 19.5 Å². The second kappa shape index (κ2) is 8.93. The van der Waals surface area contributed by atoms with Crippen molar-refractivity contribution in [3.63, 3.8) is 0 Å². The molecule has 0 bridgehead atoms. The molecule has 9 heteroatoms. The van der Waals surface area contributed by atoms with Crippen molar-refractivity contribution in [2.45, 2.75) is 25.0 Å². The van der Waals surface area contributed by atoms with Crippen molar-refractivity contribution in [3.8, 4) is 0 Å². The number of piperidine rings is 1. The lowest BCUT2D eigenvalue weighted by Gasteiger charge is -2.31. The molecule has 1 fully saturated rings. The number of primary amides is 1. The van der Waals surface area contributed by atoms with Crippen LogP contribution in [0.4, 0.5) is 4.39 Å². The second-order valence-electron chi connectivity index (χ2n) is 6.28. The number of halogens is 2. The van der Waals surface area contributed by atoms with Gasteiger partial charge >= 0.3 is 0 Å². The molecular weight excluding hydrogens is 369 g/mol. The summed E-state index contributed by atoms with van der Waals surface area (Å²) in [6, 6.07) is 3.65. The van der Waals surface area contributed by atoms with Crippen molar-refractivity contribution >= 4 is 27.5 Å². The third-order valence-corrected chi connectivity index (χ3v) is 5.94. The van der Waals surface area contributed by atoms with Gasteiger partial charge in [-0.2, -0.15) is 0 Å². The van der Waals surface area contributed by atoms with Gasteiger partial charge in [-0.3, -0.25) is 4.79 Å². The summed E-state index contributed by atoms with van der Waals surface area (Å²) >= 11 is 5.90. The number of amides is 1. The molecule has 1 aliphatic heterocycles. The van der Waals surface area contributed by atoms with Crippen LogP contribution in [-0.4, -0.2) is 45.4 Å². The molecule has 0 aromatic heterocycles. The Bertz CT molecular complexity index is 715. The Labute approximate surface area is 152 Å². The van der Waals surface area contributed by atoms with Crippen molar-refractivity contribution in [1.29, 1.82) is 0 Å². The maximum atomic E-state index is 13.2. The third kappa shape index (κ3) is 6.54. The highest BCUT2D eigenvalue weighted by Crippen LogP contribution is 2.19.